The molecule has 0 amide bonds. The molecule has 18 heavy (non-hydrogen) atoms. The summed E-state index contributed by atoms with van der Waals surface area (Å²) in [5.74, 6) is 0.876. The Labute approximate surface area is 108 Å². The third-order valence-corrected chi connectivity index (χ3v) is 2.93. The lowest BCUT2D eigenvalue weighted by molar-refractivity contribution is 0.220. The Morgan fingerprint density at radius 1 is 1.06 bits per heavy atom. The number of aryl methyl sites for hydroxylation is 1. The van der Waals surface area contributed by atoms with Gasteiger partial charge in [-0.05, 0) is 42.7 Å². The SMILES string of the molecule is CCOc1ccc(C(O)c2ccccc2)cc1C. The molecule has 94 valence electrons. The predicted molar refractivity (Wildman–Crippen MR) is 72.9 cm³/mol. The lowest BCUT2D eigenvalue weighted by Crippen LogP contribution is -2.01. The predicted octanol–water partition coefficient (Wildman–Crippen LogP) is 3.48. The maximum atomic E-state index is 10.3. The second-order valence-corrected chi connectivity index (χ2v) is 4.27. The third-order valence-electron chi connectivity index (χ3n) is 2.93. The Morgan fingerprint density at radius 3 is 2.39 bits per heavy atom. The van der Waals surface area contributed by atoms with Crippen LogP contribution in [0.4, 0.5) is 0 Å². The highest BCUT2D eigenvalue weighted by Gasteiger charge is 2.11. The van der Waals surface area contributed by atoms with E-state index in [1.807, 2.05) is 62.4 Å². The van der Waals surface area contributed by atoms with Crippen LogP contribution in [0, 0.1) is 6.92 Å². The summed E-state index contributed by atoms with van der Waals surface area (Å²) < 4.78 is 5.50. The highest BCUT2D eigenvalue weighted by atomic mass is 16.5. The molecule has 2 heteroatoms. The van der Waals surface area contributed by atoms with Crippen molar-refractivity contribution >= 4 is 0 Å². The molecule has 1 unspecified atom stereocenters. The molecular weight excluding hydrogens is 224 g/mol. The van der Waals surface area contributed by atoms with Crippen molar-refractivity contribution in [1.82, 2.24) is 0 Å². The van der Waals surface area contributed by atoms with E-state index in [1.165, 1.54) is 0 Å². The van der Waals surface area contributed by atoms with Gasteiger partial charge in [0, 0.05) is 0 Å². The van der Waals surface area contributed by atoms with Gasteiger partial charge in [-0.2, -0.15) is 0 Å². The lowest BCUT2D eigenvalue weighted by Gasteiger charge is -2.14. The Morgan fingerprint density at radius 2 is 1.78 bits per heavy atom. The maximum Gasteiger partial charge on any atom is 0.122 e. The van der Waals surface area contributed by atoms with Gasteiger partial charge >= 0.3 is 0 Å². The summed E-state index contributed by atoms with van der Waals surface area (Å²) in [5, 5.41) is 10.3. The number of benzene rings is 2. The van der Waals surface area contributed by atoms with Crippen LogP contribution < -0.4 is 4.74 Å². The monoisotopic (exact) mass is 242 g/mol. The van der Waals surface area contributed by atoms with E-state index in [2.05, 4.69) is 0 Å². The molecular formula is C16H18O2. The van der Waals surface area contributed by atoms with Gasteiger partial charge < -0.3 is 9.84 Å². The van der Waals surface area contributed by atoms with Crippen LogP contribution in [0.2, 0.25) is 0 Å². The number of hydrogen-bond donors (Lipinski definition) is 1. The molecule has 2 aromatic carbocycles. The van der Waals surface area contributed by atoms with Crippen molar-refractivity contribution in [2.24, 2.45) is 0 Å². The molecule has 1 N–H and O–H groups in total. The molecule has 0 aliphatic carbocycles. The van der Waals surface area contributed by atoms with Crippen molar-refractivity contribution in [2.75, 3.05) is 6.61 Å². The van der Waals surface area contributed by atoms with Gasteiger partial charge in [-0.15, -0.1) is 0 Å². The van der Waals surface area contributed by atoms with Gasteiger partial charge in [0.1, 0.15) is 11.9 Å². The zero-order chi connectivity index (χ0) is 13.0. The molecule has 0 radical (unpaired) electrons. The zero-order valence-corrected chi connectivity index (χ0v) is 10.8. The average molecular weight is 242 g/mol. The van der Waals surface area contributed by atoms with Crippen LogP contribution >= 0.6 is 0 Å². The molecule has 0 aromatic heterocycles. The van der Waals surface area contributed by atoms with Gasteiger partial charge in [0.05, 0.1) is 6.61 Å². The minimum absolute atomic E-state index is 0.583. The van der Waals surface area contributed by atoms with E-state index in [9.17, 15) is 5.11 Å². The summed E-state index contributed by atoms with van der Waals surface area (Å²) in [4.78, 5) is 0. The fourth-order valence-electron chi connectivity index (χ4n) is 1.99. The molecule has 1 atom stereocenters. The van der Waals surface area contributed by atoms with Crippen LogP contribution in [-0.2, 0) is 0 Å². The maximum absolute atomic E-state index is 10.3. The topological polar surface area (TPSA) is 29.5 Å². The smallest absolute Gasteiger partial charge is 0.122 e. The first-order chi connectivity index (χ1) is 8.72. The van der Waals surface area contributed by atoms with Crippen LogP contribution in [-0.4, -0.2) is 11.7 Å². The molecule has 0 heterocycles. The van der Waals surface area contributed by atoms with Crippen LogP contribution in [0.5, 0.6) is 5.75 Å². The van der Waals surface area contributed by atoms with Crippen molar-refractivity contribution < 1.29 is 9.84 Å². The molecule has 0 spiro atoms. The number of ether oxygens (including phenoxy) is 1. The van der Waals surface area contributed by atoms with E-state index in [0.29, 0.717) is 6.61 Å². The summed E-state index contributed by atoms with van der Waals surface area (Å²) in [6.45, 7) is 4.61. The standard InChI is InChI=1S/C16H18O2/c1-3-18-15-10-9-14(11-12(15)2)16(17)13-7-5-4-6-8-13/h4-11,16-17H,3H2,1-2H3. The molecule has 0 aliphatic heterocycles. The molecule has 2 rings (SSSR count). The molecule has 0 fully saturated rings. The van der Waals surface area contributed by atoms with Gasteiger partial charge in [0.2, 0.25) is 0 Å². The first-order valence-electron chi connectivity index (χ1n) is 6.18. The number of hydrogen-bond acceptors (Lipinski definition) is 2. The normalized spacial score (nSPS) is 12.2. The van der Waals surface area contributed by atoms with Crippen molar-refractivity contribution in [2.45, 2.75) is 20.0 Å². The van der Waals surface area contributed by atoms with E-state index >= 15 is 0 Å². The highest BCUT2D eigenvalue weighted by Crippen LogP contribution is 2.26. The van der Waals surface area contributed by atoms with Crippen molar-refractivity contribution in [3.05, 3.63) is 65.2 Å². The molecule has 0 saturated carbocycles. The number of aliphatic hydroxyl groups is 1. The van der Waals surface area contributed by atoms with Gasteiger partial charge in [-0.1, -0.05) is 36.4 Å². The Hall–Kier alpha value is -1.80. The highest BCUT2D eigenvalue weighted by molar-refractivity contribution is 5.39. The second-order valence-electron chi connectivity index (χ2n) is 4.27. The largest absolute Gasteiger partial charge is 0.494 e. The van der Waals surface area contributed by atoms with E-state index in [-0.39, 0.29) is 0 Å². The van der Waals surface area contributed by atoms with E-state index in [0.717, 1.165) is 22.4 Å². The third kappa shape index (κ3) is 2.71. The summed E-state index contributed by atoms with van der Waals surface area (Å²) in [7, 11) is 0. The van der Waals surface area contributed by atoms with Crippen LogP contribution in [0.3, 0.4) is 0 Å². The summed E-state index contributed by atoms with van der Waals surface area (Å²) >= 11 is 0. The van der Waals surface area contributed by atoms with Crippen LogP contribution in [0.25, 0.3) is 0 Å². The molecule has 2 nitrogen and oxygen atoms in total. The minimum atomic E-state index is -0.583. The van der Waals surface area contributed by atoms with Crippen molar-refractivity contribution in [3.8, 4) is 5.75 Å². The first kappa shape index (κ1) is 12.7. The number of aliphatic hydroxyl groups excluding tert-OH is 1. The average Bonchev–Trinajstić information content (AvgIpc) is 2.41. The quantitative estimate of drug-likeness (QED) is 0.889. The van der Waals surface area contributed by atoms with Crippen molar-refractivity contribution in [3.63, 3.8) is 0 Å². The second kappa shape index (κ2) is 5.69. The van der Waals surface area contributed by atoms with Gasteiger partial charge in [-0.25, -0.2) is 0 Å². The molecule has 0 saturated heterocycles. The Balaban J connectivity index is 2.26. The van der Waals surface area contributed by atoms with Crippen molar-refractivity contribution in [1.29, 1.82) is 0 Å². The Kier molecular flexibility index (Phi) is 4.00. The van der Waals surface area contributed by atoms with Crippen LogP contribution in [0.1, 0.15) is 29.7 Å². The summed E-state index contributed by atoms with van der Waals surface area (Å²) in [6.07, 6.45) is -0.583. The van der Waals surface area contributed by atoms with Gasteiger partial charge in [-0.3, -0.25) is 0 Å². The molecule has 0 aliphatic rings. The Bertz CT molecular complexity index is 506. The fourth-order valence-corrected chi connectivity index (χ4v) is 1.99. The van der Waals surface area contributed by atoms with E-state index < -0.39 is 6.10 Å². The zero-order valence-electron chi connectivity index (χ0n) is 10.8. The first-order valence-corrected chi connectivity index (χ1v) is 6.18. The minimum Gasteiger partial charge on any atom is -0.494 e. The van der Waals surface area contributed by atoms with Gasteiger partial charge in [0.15, 0.2) is 0 Å². The lowest BCUT2D eigenvalue weighted by atomic mass is 10.00. The van der Waals surface area contributed by atoms with E-state index in [1.54, 1.807) is 0 Å². The number of rotatable bonds is 4. The molecule has 2 aromatic rings. The summed E-state index contributed by atoms with van der Waals surface area (Å²) in [6, 6.07) is 15.5. The van der Waals surface area contributed by atoms with E-state index in [4.69, 9.17) is 4.74 Å². The van der Waals surface area contributed by atoms with Crippen LogP contribution in [0.15, 0.2) is 48.5 Å². The van der Waals surface area contributed by atoms with Gasteiger partial charge in [0.25, 0.3) is 0 Å². The summed E-state index contributed by atoms with van der Waals surface area (Å²) in [5.41, 5.74) is 2.84. The molecule has 0 bridgehead atoms. The fraction of sp³-hybridized carbons (Fsp3) is 0.250.